The van der Waals surface area contributed by atoms with Crippen molar-refractivity contribution in [1.82, 2.24) is 10.2 Å². The van der Waals surface area contributed by atoms with Gasteiger partial charge in [0, 0.05) is 44.1 Å². The van der Waals surface area contributed by atoms with E-state index in [1.807, 2.05) is 12.1 Å². The molecule has 24 heavy (non-hydrogen) atoms. The second kappa shape index (κ2) is 8.57. The Labute approximate surface area is 143 Å². The van der Waals surface area contributed by atoms with Crippen molar-refractivity contribution in [3.05, 3.63) is 23.8 Å². The Morgan fingerprint density at radius 2 is 2.08 bits per heavy atom. The van der Waals surface area contributed by atoms with Crippen molar-refractivity contribution in [2.75, 3.05) is 27.8 Å². The molecule has 1 aliphatic rings. The minimum absolute atomic E-state index is 0.0738. The summed E-state index contributed by atoms with van der Waals surface area (Å²) in [4.78, 5) is 26.2. The van der Waals surface area contributed by atoms with Gasteiger partial charge in [0.25, 0.3) is 0 Å². The maximum atomic E-state index is 12.2. The number of hydrogen-bond donors (Lipinski definition) is 1. The van der Waals surface area contributed by atoms with E-state index in [0.717, 1.165) is 31.4 Å². The molecule has 1 saturated heterocycles. The van der Waals surface area contributed by atoms with Gasteiger partial charge in [-0.05, 0) is 25.0 Å². The van der Waals surface area contributed by atoms with Crippen molar-refractivity contribution in [1.29, 1.82) is 0 Å². The standard InChI is InChI=1S/C18H26N2O4/c1-20-9-5-4-6-13(18(20)22)10-17(21)19-12-14-7-8-15(23-2)11-16(14)24-3/h7-8,11,13H,4-6,9-10,12H2,1-3H3,(H,19,21). The monoisotopic (exact) mass is 334 g/mol. The summed E-state index contributed by atoms with van der Waals surface area (Å²) >= 11 is 0. The first-order valence-electron chi connectivity index (χ1n) is 8.27. The molecule has 1 atom stereocenters. The fourth-order valence-corrected chi connectivity index (χ4v) is 2.96. The smallest absolute Gasteiger partial charge is 0.225 e. The average molecular weight is 334 g/mol. The summed E-state index contributed by atoms with van der Waals surface area (Å²) in [6.07, 6.45) is 3.01. The van der Waals surface area contributed by atoms with E-state index in [9.17, 15) is 9.59 Å². The Balaban J connectivity index is 1.92. The summed E-state index contributed by atoms with van der Waals surface area (Å²) in [5.74, 6) is 1.12. The summed E-state index contributed by atoms with van der Waals surface area (Å²) in [5, 5.41) is 2.88. The molecule has 1 N–H and O–H groups in total. The number of rotatable bonds is 6. The highest BCUT2D eigenvalue weighted by atomic mass is 16.5. The molecule has 0 aliphatic carbocycles. The molecule has 6 heteroatoms. The third kappa shape index (κ3) is 4.63. The molecular formula is C18H26N2O4. The molecule has 1 aromatic rings. The van der Waals surface area contributed by atoms with Crippen LogP contribution in [0.3, 0.4) is 0 Å². The van der Waals surface area contributed by atoms with Gasteiger partial charge in [-0.2, -0.15) is 0 Å². The lowest BCUT2D eigenvalue weighted by Crippen LogP contribution is -2.35. The minimum atomic E-state index is -0.213. The number of amides is 2. The number of hydrogen-bond acceptors (Lipinski definition) is 4. The van der Waals surface area contributed by atoms with E-state index < -0.39 is 0 Å². The Morgan fingerprint density at radius 1 is 1.29 bits per heavy atom. The molecule has 1 heterocycles. The highest BCUT2D eigenvalue weighted by molar-refractivity contribution is 5.85. The van der Waals surface area contributed by atoms with Gasteiger partial charge >= 0.3 is 0 Å². The topological polar surface area (TPSA) is 67.9 Å². The Hall–Kier alpha value is -2.24. The summed E-state index contributed by atoms with van der Waals surface area (Å²) in [6, 6.07) is 5.47. The van der Waals surface area contributed by atoms with Crippen LogP contribution in [0.2, 0.25) is 0 Å². The van der Waals surface area contributed by atoms with Crippen LogP contribution in [-0.4, -0.2) is 44.5 Å². The molecule has 0 radical (unpaired) electrons. The molecule has 1 aliphatic heterocycles. The molecule has 132 valence electrons. The van der Waals surface area contributed by atoms with Crippen LogP contribution in [0.25, 0.3) is 0 Å². The summed E-state index contributed by atoms with van der Waals surface area (Å²) in [6.45, 7) is 1.14. The van der Waals surface area contributed by atoms with E-state index in [1.54, 1.807) is 32.2 Å². The van der Waals surface area contributed by atoms with Gasteiger partial charge in [0.15, 0.2) is 0 Å². The SMILES string of the molecule is COc1ccc(CNC(=O)CC2CCCCN(C)C2=O)c(OC)c1. The van der Waals surface area contributed by atoms with Crippen LogP contribution in [0.4, 0.5) is 0 Å². The summed E-state index contributed by atoms with van der Waals surface area (Å²) < 4.78 is 10.5. The number of methoxy groups -OCH3 is 2. The first-order chi connectivity index (χ1) is 11.5. The Kier molecular flexibility index (Phi) is 6.46. The van der Waals surface area contributed by atoms with Crippen LogP contribution in [-0.2, 0) is 16.1 Å². The fourth-order valence-electron chi connectivity index (χ4n) is 2.96. The maximum Gasteiger partial charge on any atom is 0.225 e. The molecular weight excluding hydrogens is 308 g/mol. The van der Waals surface area contributed by atoms with Gasteiger partial charge in [-0.1, -0.05) is 6.42 Å². The van der Waals surface area contributed by atoms with Crippen LogP contribution in [0.15, 0.2) is 18.2 Å². The Bertz CT molecular complexity index is 588. The van der Waals surface area contributed by atoms with Crippen molar-refractivity contribution >= 4 is 11.8 Å². The van der Waals surface area contributed by atoms with Gasteiger partial charge in [-0.3, -0.25) is 9.59 Å². The van der Waals surface area contributed by atoms with Gasteiger partial charge in [0.2, 0.25) is 11.8 Å². The number of nitrogens with zero attached hydrogens (tertiary/aromatic N) is 1. The normalized spacial score (nSPS) is 18.0. The largest absolute Gasteiger partial charge is 0.497 e. The molecule has 2 amide bonds. The van der Waals surface area contributed by atoms with Crippen LogP contribution < -0.4 is 14.8 Å². The van der Waals surface area contributed by atoms with Crippen molar-refractivity contribution < 1.29 is 19.1 Å². The van der Waals surface area contributed by atoms with Gasteiger partial charge in [0.1, 0.15) is 11.5 Å². The quantitative estimate of drug-likeness (QED) is 0.864. The number of carbonyl (C=O) groups is 2. The predicted octanol–water partition coefficient (Wildman–Crippen LogP) is 1.97. The third-order valence-corrected chi connectivity index (χ3v) is 4.42. The highest BCUT2D eigenvalue weighted by Gasteiger charge is 2.26. The van der Waals surface area contributed by atoms with E-state index in [4.69, 9.17) is 9.47 Å². The van der Waals surface area contributed by atoms with Gasteiger partial charge < -0.3 is 19.7 Å². The molecule has 2 rings (SSSR count). The molecule has 1 fully saturated rings. The van der Waals surface area contributed by atoms with Crippen molar-refractivity contribution in [2.24, 2.45) is 5.92 Å². The minimum Gasteiger partial charge on any atom is -0.497 e. The maximum absolute atomic E-state index is 12.2. The van der Waals surface area contributed by atoms with Gasteiger partial charge in [-0.15, -0.1) is 0 Å². The lowest BCUT2D eigenvalue weighted by Gasteiger charge is -2.19. The van der Waals surface area contributed by atoms with Crippen LogP contribution in [0, 0.1) is 5.92 Å². The predicted molar refractivity (Wildman–Crippen MR) is 91.0 cm³/mol. The molecule has 1 aromatic carbocycles. The number of nitrogens with one attached hydrogen (secondary N) is 1. The molecule has 0 aromatic heterocycles. The van der Waals surface area contributed by atoms with Crippen LogP contribution in [0.1, 0.15) is 31.2 Å². The number of carbonyl (C=O) groups excluding carboxylic acids is 2. The van der Waals surface area contributed by atoms with Gasteiger partial charge in [0.05, 0.1) is 14.2 Å². The zero-order valence-electron chi connectivity index (χ0n) is 14.6. The van der Waals surface area contributed by atoms with E-state index in [-0.39, 0.29) is 24.2 Å². The van der Waals surface area contributed by atoms with Crippen molar-refractivity contribution in [3.8, 4) is 11.5 Å². The number of likely N-dealkylation sites (tertiary alicyclic amines) is 1. The van der Waals surface area contributed by atoms with E-state index in [2.05, 4.69) is 5.32 Å². The zero-order chi connectivity index (χ0) is 17.5. The van der Waals surface area contributed by atoms with Crippen LogP contribution in [0.5, 0.6) is 11.5 Å². The summed E-state index contributed by atoms with van der Waals surface area (Å²) in [7, 11) is 4.98. The lowest BCUT2D eigenvalue weighted by molar-refractivity contribution is -0.136. The van der Waals surface area contributed by atoms with Crippen molar-refractivity contribution in [2.45, 2.75) is 32.2 Å². The average Bonchev–Trinajstić information content (AvgIpc) is 2.75. The second-order valence-corrected chi connectivity index (χ2v) is 6.11. The first-order valence-corrected chi connectivity index (χ1v) is 8.27. The zero-order valence-corrected chi connectivity index (χ0v) is 14.6. The molecule has 0 bridgehead atoms. The van der Waals surface area contributed by atoms with Crippen LogP contribution >= 0.6 is 0 Å². The molecule has 0 saturated carbocycles. The second-order valence-electron chi connectivity index (χ2n) is 6.11. The molecule has 6 nitrogen and oxygen atoms in total. The van der Waals surface area contributed by atoms with E-state index in [0.29, 0.717) is 18.0 Å². The van der Waals surface area contributed by atoms with Crippen molar-refractivity contribution in [3.63, 3.8) is 0 Å². The number of ether oxygens (including phenoxy) is 2. The third-order valence-electron chi connectivity index (χ3n) is 4.42. The highest BCUT2D eigenvalue weighted by Crippen LogP contribution is 2.25. The number of benzene rings is 1. The molecule has 0 spiro atoms. The van der Waals surface area contributed by atoms with E-state index in [1.165, 1.54) is 0 Å². The summed E-state index contributed by atoms with van der Waals surface area (Å²) in [5.41, 5.74) is 0.871. The molecule has 1 unspecified atom stereocenters. The first kappa shape index (κ1) is 18.1. The lowest BCUT2D eigenvalue weighted by atomic mass is 9.98. The van der Waals surface area contributed by atoms with Gasteiger partial charge in [-0.25, -0.2) is 0 Å². The van der Waals surface area contributed by atoms with E-state index >= 15 is 0 Å². The fraction of sp³-hybridized carbons (Fsp3) is 0.556. The Morgan fingerprint density at radius 3 is 2.79 bits per heavy atom.